The molecule has 2 nitrogen and oxygen atoms in total. The smallest absolute Gasteiger partial charge is 0.0765 e. The van der Waals surface area contributed by atoms with Crippen molar-refractivity contribution in [2.24, 2.45) is 5.92 Å². The molecule has 2 rings (SSSR count). The lowest BCUT2D eigenvalue weighted by Gasteiger charge is -2.29. The molecule has 0 atom stereocenters. The number of halogens is 1. The maximum atomic E-state index is 6.16. The topological polar surface area (TPSA) is 38.0 Å². The van der Waals surface area contributed by atoms with Gasteiger partial charge in [-0.25, -0.2) is 0 Å². The van der Waals surface area contributed by atoms with E-state index in [4.69, 9.17) is 17.3 Å². The van der Waals surface area contributed by atoms with Crippen LogP contribution in [0, 0.1) is 5.92 Å². The summed E-state index contributed by atoms with van der Waals surface area (Å²) in [6.45, 7) is 2.28. The Morgan fingerprint density at radius 1 is 1.29 bits per heavy atom. The third-order valence-electron chi connectivity index (χ3n) is 3.82. The highest BCUT2D eigenvalue weighted by molar-refractivity contribution is 6.33. The van der Waals surface area contributed by atoms with E-state index in [1.807, 2.05) is 18.2 Å². The van der Waals surface area contributed by atoms with Gasteiger partial charge in [-0.2, -0.15) is 0 Å². The van der Waals surface area contributed by atoms with Crippen LogP contribution >= 0.6 is 11.6 Å². The molecular weight excluding hydrogens is 232 g/mol. The molecule has 1 aliphatic carbocycles. The molecule has 1 fully saturated rings. The summed E-state index contributed by atoms with van der Waals surface area (Å²) < 4.78 is 0. The Balaban J connectivity index is 1.98. The first-order valence-electron chi connectivity index (χ1n) is 6.51. The summed E-state index contributed by atoms with van der Waals surface area (Å²) in [5.41, 5.74) is 7.60. The molecule has 0 unspecified atom stereocenters. The van der Waals surface area contributed by atoms with Crippen molar-refractivity contribution in [2.75, 3.05) is 11.1 Å². The van der Waals surface area contributed by atoms with Crippen LogP contribution in [0.1, 0.15) is 39.0 Å². The standard InChI is InChI=1S/C14H21ClN2/c1-2-10-6-8-11(9-7-10)17-14-12(15)4-3-5-13(14)16/h3-5,10-11,17H,2,6-9,16H2,1H3. The summed E-state index contributed by atoms with van der Waals surface area (Å²) in [7, 11) is 0. The molecule has 3 N–H and O–H groups in total. The maximum Gasteiger partial charge on any atom is 0.0765 e. The van der Waals surface area contributed by atoms with Gasteiger partial charge in [-0.05, 0) is 43.7 Å². The number of rotatable bonds is 3. The number of anilines is 2. The molecule has 0 aromatic heterocycles. The molecule has 1 aromatic rings. The van der Waals surface area contributed by atoms with Crippen LogP contribution in [0.5, 0.6) is 0 Å². The minimum Gasteiger partial charge on any atom is -0.397 e. The van der Waals surface area contributed by atoms with E-state index < -0.39 is 0 Å². The fourth-order valence-corrected chi connectivity index (χ4v) is 2.85. The predicted molar refractivity (Wildman–Crippen MR) is 75.5 cm³/mol. The number of nitrogen functional groups attached to an aromatic ring is 1. The summed E-state index contributed by atoms with van der Waals surface area (Å²) in [5.74, 6) is 0.914. The van der Waals surface area contributed by atoms with Crippen molar-refractivity contribution in [2.45, 2.75) is 45.1 Å². The van der Waals surface area contributed by atoms with Crippen molar-refractivity contribution in [3.05, 3.63) is 23.2 Å². The molecule has 0 amide bonds. The molecular formula is C14H21ClN2. The zero-order valence-electron chi connectivity index (χ0n) is 10.4. The van der Waals surface area contributed by atoms with Gasteiger partial charge in [0.25, 0.3) is 0 Å². The molecule has 0 saturated heterocycles. The first kappa shape index (κ1) is 12.6. The number of para-hydroxylation sites is 1. The lowest BCUT2D eigenvalue weighted by Crippen LogP contribution is -2.26. The van der Waals surface area contributed by atoms with Gasteiger partial charge in [0.2, 0.25) is 0 Å². The van der Waals surface area contributed by atoms with Crippen molar-refractivity contribution in [3.63, 3.8) is 0 Å². The minimum atomic E-state index is 0.528. The van der Waals surface area contributed by atoms with Crippen molar-refractivity contribution in [3.8, 4) is 0 Å². The number of benzene rings is 1. The van der Waals surface area contributed by atoms with Crippen molar-refractivity contribution in [1.82, 2.24) is 0 Å². The van der Waals surface area contributed by atoms with E-state index in [1.54, 1.807) is 0 Å². The Morgan fingerprint density at radius 3 is 2.59 bits per heavy atom. The largest absolute Gasteiger partial charge is 0.397 e. The molecule has 3 heteroatoms. The van der Waals surface area contributed by atoms with Crippen molar-refractivity contribution in [1.29, 1.82) is 0 Å². The lowest BCUT2D eigenvalue weighted by molar-refractivity contribution is 0.330. The SMILES string of the molecule is CCC1CCC(Nc2c(N)cccc2Cl)CC1. The average Bonchev–Trinajstić information content (AvgIpc) is 2.35. The van der Waals surface area contributed by atoms with Gasteiger partial charge in [0.05, 0.1) is 16.4 Å². The average molecular weight is 253 g/mol. The number of nitrogens with two attached hydrogens (primary N) is 1. The Labute approximate surface area is 109 Å². The Kier molecular flexibility index (Phi) is 4.16. The van der Waals surface area contributed by atoms with Crippen LogP contribution in [0.15, 0.2) is 18.2 Å². The zero-order chi connectivity index (χ0) is 12.3. The summed E-state index contributed by atoms with van der Waals surface area (Å²) >= 11 is 6.16. The fraction of sp³-hybridized carbons (Fsp3) is 0.571. The van der Waals surface area contributed by atoms with Crippen molar-refractivity contribution < 1.29 is 0 Å². The Bertz CT molecular complexity index is 350. The second-order valence-corrected chi connectivity index (χ2v) is 5.38. The van der Waals surface area contributed by atoms with E-state index in [1.165, 1.54) is 32.1 Å². The highest BCUT2D eigenvalue weighted by Gasteiger charge is 2.20. The summed E-state index contributed by atoms with van der Waals surface area (Å²) in [6.07, 6.45) is 6.39. The Morgan fingerprint density at radius 2 is 2.00 bits per heavy atom. The highest BCUT2D eigenvalue weighted by atomic mass is 35.5. The lowest BCUT2D eigenvalue weighted by atomic mass is 9.84. The van der Waals surface area contributed by atoms with E-state index in [2.05, 4.69) is 12.2 Å². The van der Waals surface area contributed by atoms with Crippen LogP contribution < -0.4 is 11.1 Å². The molecule has 94 valence electrons. The second kappa shape index (κ2) is 5.63. The molecule has 0 radical (unpaired) electrons. The first-order valence-corrected chi connectivity index (χ1v) is 6.89. The third kappa shape index (κ3) is 3.06. The van der Waals surface area contributed by atoms with Gasteiger partial charge in [-0.15, -0.1) is 0 Å². The Hall–Kier alpha value is -0.890. The van der Waals surface area contributed by atoms with Gasteiger partial charge in [0.1, 0.15) is 0 Å². The predicted octanol–water partition coefficient (Wildman–Crippen LogP) is 4.30. The van der Waals surface area contributed by atoms with Crippen LogP contribution in [0.4, 0.5) is 11.4 Å². The van der Waals surface area contributed by atoms with Gasteiger partial charge >= 0.3 is 0 Å². The van der Waals surface area contributed by atoms with Crippen LogP contribution in [-0.2, 0) is 0 Å². The van der Waals surface area contributed by atoms with Gasteiger partial charge in [-0.1, -0.05) is 31.0 Å². The molecule has 0 heterocycles. The van der Waals surface area contributed by atoms with Gasteiger partial charge < -0.3 is 11.1 Å². The van der Waals surface area contributed by atoms with E-state index in [9.17, 15) is 0 Å². The van der Waals surface area contributed by atoms with E-state index in [0.717, 1.165) is 22.3 Å². The highest BCUT2D eigenvalue weighted by Crippen LogP contribution is 2.33. The first-order chi connectivity index (χ1) is 8.20. The molecule has 0 bridgehead atoms. The van der Waals surface area contributed by atoms with E-state index in [0.29, 0.717) is 6.04 Å². The van der Waals surface area contributed by atoms with Crippen LogP contribution in [0.2, 0.25) is 5.02 Å². The molecule has 1 aromatic carbocycles. The molecule has 1 saturated carbocycles. The van der Waals surface area contributed by atoms with Gasteiger partial charge in [-0.3, -0.25) is 0 Å². The molecule has 0 spiro atoms. The summed E-state index contributed by atoms with van der Waals surface area (Å²) in [5, 5.41) is 4.23. The molecule has 17 heavy (non-hydrogen) atoms. The maximum absolute atomic E-state index is 6.16. The molecule has 1 aliphatic rings. The number of hydrogen-bond donors (Lipinski definition) is 2. The quantitative estimate of drug-likeness (QED) is 0.787. The van der Waals surface area contributed by atoms with Crippen LogP contribution in [0.3, 0.4) is 0 Å². The fourth-order valence-electron chi connectivity index (χ4n) is 2.61. The van der Waals surface area contributed by atoms with Gasteiger partial charge in [0, 0.05) is 6.04 Å². The van der Waals surface area contributed by atoms with E-state index in [-0.39, 0.29) is 0 Å². The summed E-state index contributed by atoms with van der Waals surface area (Å²) in [6, 6.07) is 6.20. The zero-order valence-corrected chi connectivity index (χ0v) is 11.1. The normalized spacial score (nSPS) is 24.6. The molecule has 0 aliphatic heterocycles. The van der Waals surface area contributed by atoms with E-state index >= 15 is 0 Å². The summed E-state index contributed by atoms with van der Waals surface area (Å²) in [4.78, 5) is 0. The van der Waals surface area contributed by atoms with Gasteiger partial charge in [0.15, 0.2) is 0 Å². The van der Waals surface area contributed by atoms with Crippen LogP contribution in [0.25, 0.3) is 0 Å². The van der Waals surface area contributed by atoms with Crippen LogP contribution in [-0.4, -0.2) is 6.04 Å². The minimum absolute atomic E-state index is 0.528. The number of nitrogens with one attached hydrogen (secondary N) is 1. The number of hydrogen-bond acceptors (Lipinski definition) is 2. The second-order valence-electron chi connectivity index (χ2n) is 4.97. The van der Waals surface area contributed by atoms with Crippen molar-refractivity contribution >= 4 is 23.0 Å². The monoisotopic (exact) mass is 252 g/mol. The third-order valence-corrected chi connectivity index (χ3v) is 4.13.